The summed E-state index contributed by atoms with van der Waals surface area (Å²) >= 11 is -4.51. The molecule has 2 aromatic rings. The van der Waals surface area contributed by atoms with Gasteiger partial charge in [-0.15, -0.1) is 0 Å². The van der Waals surface area contributed by atoms with Crippen LogP contribution in [0.3, 0.4) is 0 Å². The van der Waals surface area contributed by atoms with Crippen LogP contribution in [0.4, 0.5) is 0 Å². The second kappa shape index (κ2) is 8.31. The molecule has 4 heteroatoms. The van der Waals surface area contributed by atoms with Crippen molar-refractivity contribution >= 4 is 34.6 Å². The van der Waals surface area contributed by atoms with Gasteiger partial charge in [-0.1, -0.05) is 0 Å². The molecule has 182 valence electrons. The summed E-state index contributed by atoms with van der Waals surface area (Å²) in [5.41, 5.74) is 10.0. The predicted octanol–water partition coefficient (Wildman–Crippen LogP) is 10.1. The van der Waals surface area contributed by atoms with Gasteiger partial charge in [0.25, 0.3) is 0 Å². The Bertz CT molecular complexity index is 1230. The molecule has 0 radical (unpaired) electrons. The molecular weight excluding hydrogens is 551 g/mol. The minimum atomic E-state index is -4.51. The molecule has 0 saturated heterocycles. The van der Waals surface area contributed by atoms with Gasteiger partial charge >= 0.3 is 217 Å². The molecule has 0 spiro atoms. The second-order valence-electron chi connectivity index (χ2n) is 13.0. The van der Waals surface area contributed by atoms with Crippen molar-refractivity contribution in [3.05, 3.63) is 80.9 Å². The minimum absolute atomic E-state index is 0.119. The van der Waals surface area contributed by atoms with E-state index in [-0.39, 0.29) is 18.1 Å². The standard InChI is InChI=1S/2C14H17.C2H6Si.2ClH.Zr/c2*1-10-7-11-5-6-13(14(2,3)4)9-12(11)8-10;1-3-2;;;/h2*5-9H,1-4H3;1-2H3;2*1H;/q;;;;;+2/p-2. The quantitative estimate of drug-likeness (QED) is 0.305. The van der Waals surface area contributed by atoms with Crippen molar-refractivity contribution in [3.8, 4) is 0 Å². The van der Waals surface area contributed by atoms with E-state index in [0.29, 0.717) is 0 Å². The summed E-state index contributed by atoms with van der Waals surface area (Å²) in [5, 5.41) is 0. The number of halogens is 2. The molecule has 34 heavy (non-hydrogen) atoms. The van der Waals surface area contributed by atoms with E-state index >= 15 is 0 Å². The average Bonchev–Trinajstić information content (AvgIpc) is 3.21. The molecule has 0 bridgehead atoms. The Balaban J connectivity index is 1.95. The zero-order valence-corrected chi connectivity index (χ0v) is 27.5. The van der Waals surface area contributed by atoms with E-state index in [4.69, 9.17) is 17.0 Å². The van der Waals surface area contributed by atoms with Crippen LogP contribution >= 0.6 is 17.0 Å². The van der Waals surface area contributed by atoms with Gasteiger partial charge in [0.05, 0.1) is 0 Å². The van der Waals surface area contributed by atoms with Gasteiger partial charge < -0.3 is 0 Å². The summed E-state index contributed by atoms with van der Waals surface area (Å²) in [6.45, 7) is 23.0. The first-order valence-corrected chi connectivity index (χ1v) is 27.8. The number of hydrogen-bond donors (Lipinski definition) is 0. The van der Waals surface area contributed by atoms with Gasteiger partial charge in [0.1, 0.15) is 0 Å². The van der Waals surface area contributed by atoms with Crippen LogP contribution in [0.1, 0.15) is 96.0 Å². The first-order valence-electron chi connectivity index (χ1n) is 12.5. The molecule has 0 aromatic heterocycles. The molecular formula is C30H40Cl2SiZr. The first-order chi connectivity index (χ1) is 15.5. The van der Waals surface area contributed by atoms with E-state index in [9.17, 15) is 0 Å². The molecule has 0 heterocycles. The fourth-order valence-electron chi connectivity index (χ4n) is 6.16. The second-order valence-corrected chi connectivity index (χ2v) is 51.8. The topological polar surface area (TPSA) is 0 Å². The SMILES string of the molecule is CC1=Cc2cc(C(C)(C)C)ccc2[CH]1[Zr]([Cl])([Cl])([CH]1C(C)=Cc2cc(C(C)(C)C)ccc21)=[Si](C)C. The zero-order valence-electron chi connectivity index (χ0n) is 22.5. The van der Waals surface area contributed by atoms with Crippen LogP contribution in [-0.2, 0) is 25.8 Å². The third kappa shape index (κ3) is 4.04. The van der Waals surface area contributed by atoms with Gasteiger partial charge in [-0.3, -0.25) is 0 Å². The summed E-state index contributed by atoms with van der Waals surface area (Å²) in [6, 6.07) is 14.0. The average molecular weight is 591 g/mol. The normalized spacial score (nSPS) is 20.6. The Labute approximate surface area is 215 Å². The molecule has 0 nitrogen and oxygen atoms in total. The van der Waals surface area contributed by atoms with E-state index in [0.717, 1.165) is 0 Å². The summed E-state index contributed by atoms with van der Waals surface area (Å²) in [6.07, 6.45) is 4.74. The van der Waals surface area contributed by atoms with Crippen molar-refractivity contribution in [3.63, 3.8) is 0 Å². The van der Waals surface area contributed by atoms with Gasteiger partial charge in [0, 0.05) is 0 Å². The summed E-state index contributed by atoms with van der Waals surface area (Å²) < 4.78 is 0.332. The maximum absolute atomic E-state index is 8.19. The van der Waals surface area contributed by atoms with Crippen molar-refractivity contribution in [1.82, 2.24) is 0 Å². The first kappa shape index (κ1) is 26.7. The van der Waals surface area contributed by atoms with Gasteiger partial charge in [0.15, 0.2) is 0 Å². The predicted molar refractivity (Wildman–Crippen MR) is 152 cm³/mol. The van der Waals surface area contributed by atoms with E-state index in [2.05, 4.69) is 117 Å². The Morgan fingerprint density at radius 2 is 1.03 bits per heavy atom. The van der Waals surface area contributed by atoms with E-state index in [1.165, 1.54) is 44.5 Å². The molecule has 4 rings (SSSR count). The van der Waals surface area contributed by atoms with Crippen LogP contribution in [0.5, 0.6) is 0 Å². The molecule has 2 aliphatic rings. The third-order valence-corrected chi connectivity index (χ3v) is 55.2. The van der Waals surface area contributed by atoms with E-state index in [1.807, 2.05) is 0 Å². The van der Waals surface area contributed by atoms with Crippen LogP contribution in [-0.4, -0.2) is 5.43 Å². The number of rotatable bonds is 2. The zero-order chi connectivity index (χ0) is 25.5. The van der Waals surface area contributed by atoms with E-state index in [1.54, 1.807) is 0 Å². The number of benzene rings is 2. The molecule has 2 atom stereocenters. The fourth-order valence-corrected chi connectivity index (χ4v) is 36.6. The number of allylic oxidation sites excluding steroid dienone is 2. The molecule has 2 unspecified atom stereocenters. The fraction of sp³-hybridized carbons (Fsp3) is 0.467. The summed E-state index contributed by atoms with van der Waals surface area (Å²) in [4.78, 5) is 0. The monoisotopic (exact) mass is 588 g/mol. The van der Waals surface area contributed by atoms with Crippen molar-refractivity contribution in [2.24, 2.45) is 0 Å². The van der Waals surface area contributed by atoms with Crippen molar-refractivity contribution < 1.29 is 15.0 Å². The Kier molecular flexibility index (Phi) is 6.51. The number of fused-ring (bicyclic) bond motifs is 2. The van der Waals surface area contributed by atoms with Gasteiger partial charge in [-0.05, 0) is 0 Å². The van der Waals surface area contributed by atoms with E-state index < -0.39 is 20.4 Å². The molecule has 0 fully saturated rings. The van der Waals surface area contributed by atoms with Crippen molar-refractivity contribution in [2.45, 2.75) is 86.6 Å². The molecule has 2 aliphatic carbocycles. The Hall–Kier alpha value is -0.400. The summed E-state index contributed by atoms with van der Waals surface area (Å²) in [7, 11) is 16.4. The van der Waals surface area contributed by atoms with Crippen LogP contribution in [0.2, 0.25) is 13.1 Å². The van der Waals surface area contributed by atoms with Gasteiger partial charge in [-0.2, -0.15) is 0 Å². The Morgan fingerprint density at radius 3 is 1.32 bits per heavy atom. The van der Waals surface area contributed by atoms with Crippen LogP contribution < -0.4 is 0 Å². The molecule has 0 N–H and O–H groups in total. The third-order valence-electron chi connectivity index (χ3n) is 8.22. The molecule has 2 aromatic carbocycles. The van der Waals surface area contributed by atoms with Gasteiger partial charge in [-0.25, -0.2) is 0 Å². The van der Waals surface area contributed by atoms with Crippen molar-refractivity contribution in [1.29, 1.82) is 0 Å². The molecule has 0 aliphatic heterocycles. The van der Waals surface area contributed by atoms with Crippen molar-refractivity contribution in [2.75, 3.05) is 0 Å². The Morgan fingerprint density at radius 1 is 0.676 bits per heavy atom. The van der Waals surface area contributed by atoms with Crippen LogP contribution in [0, 0.1) is 0 Å². The van der Waals surface area contributed by atoms with Gasteiger partial charge in [0.2, 0.25) is 0 Å². The van der Waals surface area contributed by atoms with Crippen LogP contribution in [0.25, 0.3) is 12.2 Å². The maximum atomic E-state index is 8.19. The van der Waals surface area contributed by atoms with Crippen LogP contribution in [0.15, 0.2) is 47.5 Å². The summed E-state index contributed by atoms with van der Waals surface area (Å²) in [5.74, 6) is 0. The molecule has 0 saturated carbocycles. The molecule has 0 amide bonds. The number of hydrogen-bond acceptors (Lipinski definition) is 0.